The lowest BCUT2D eigenvalue weighted by Gasteiger charge is -2.29. The first kappa shape index (κ1) is 21.8. The van der Waals surface area contributed by atoms with Gasteiger partial charge in [0, 0.05) is 41.8 Å². The van der Waals surface area contributed by atoms with Gasteiger partial charge in [0.1, 0.15) is 5.75 Å². The second-order valence-electron chi connectivity index (χ2n) is 6.69. The lowest BCUT2D eigenvalue weighted by Crippen LogP contribution is -2.54. The summed E-state index contributed by atoms with van der Waals surface area (Å²) in [7, 11) is 1.51. The average molecular weight is 475 g/mol. The maximum atomic E-state index is 13.2. The number of nitrogens with two attached hydrogens (primary N) is 1. The van der Waals surface area contributed by atoms with Gasteiger partial charge in [0.25, 0.3) is 17.7 Å². The van der Waals surface area contributed by atoms with Crippen LogP contribution in [0.25, 0.3) is 0 Å². The van der Waals surface area contributed by atoms with Crippen molar-refractivity contribution in [3.63, 3.8) is 0 Å². The van der Waals surface area contributed by atoms with Crippen molar-refractivity contribution in [2.24, 2.45) is 5.73 Å². The second kappa shape index (κ2) is 9.73. The number of nitrogens with zero attached hydrogens (tertiary/aromatic N) is 2. The summed E-state index contributed by atoms with van der Waals surface area (Å²) >= 11 is 3.36. The molecule has 158 valence electrons. The number of amides is 3. The Morgan fingerprint density at radius 1 is 1.07 bits per heavy atom. The Hall–Kier alpha value is -2.91. The van der Waals surface area contributed by atoms with Crippen LogP contribution >= 0.6 is 15.9 Å². The van der Waals surface area contributed by atoms with E-state index in [4.69, 9.17) is 10.5 Å². The summed E-state index contributed by atoms with van der Waals surface area (Å²) in [6.45, 7) is 0.968. The fraction of sp³-hybridized carbons (Fsp3) is 0.286. The van der Waals surface area contributed by atoms with Gasteiger partial charge in [-0.15, -0.1) is 0 Å². The monoisotopic (exact) mass is 474 g/mol. The fourth-order valence-electron chi connectivity index (χ4n) is 3.33. The van der Waals surface area contributed by atoms with Crippen LogP contribution in [0.2, 0.25) is 0 Å². The van der Waals surface area contributed by atoms with Crippen LogP contribution < -0.4 is 15.8 Å². The highest BCUT2D eigenvalue weighted by Gasteiger charge is 2.43. The SMILES string of the molecule is COc1cccc(C(=O)N2CCN(C(=O)c3cccc(Br)c3)C2C(=O)NCCN)c1. The highest BCUT2D eigenvalue weighted by atomic mass is 79.9. The minimum Gasteiger partial charge on any atom is -0.497 e. The van der Waals surface area contributed by atoms with Gasteiger partial charge in [0.05, 0.1) is 7.11 Å². The Morgan fingerprint density at radius 3 is 2.23 bits per heavy atom. The number of rotatable bonds is 6. The number of methoxy groups -OCH3 is 1. The average Bonchev–Trinajstić information content (AvgIpc) is 3.21. The van der Waals surface area contributed by atoms with Crippen molar-refractivity contribution in [3.8, 4) is 5.75 Å². The zero-order chi connectivity index (χ0) is 21.7. The van der Waals surface area contributed by atoms with Crippen molar-refractivity contribution >= 4 is 33.7 Å². The number of carbonyl (C=O) groups excluding carboxylic acids is 3. The summed E-state index contributed by atoms with van der Waals surface area (Å²) in [4.78, 5) is 42.0. The molecule has 9 heteroatoms. The molecule has 2 aromatic carbocycles. The van der Waals surface area contributed by atoms with Crippen molar-refractivity contribution in [2.75, 3.05) is 33.3 Å². The van der Waals surface area contributed by atoms with Gasteiger partial charge in [-0.3, -0.25) is 14.4 Å². The maximum absolute atomic E-state index is 13.2. The van der Waals surface area contributed by atoms with Crippen molar-refractivity contribution < 1.29 is 19.1 Å². The van der Waals surface area contributed by atoms with Gasteiger partial charge in [-0.1, -0.05) is 28.1 Å². The van der Waals surface area contributed by atoms with Crippen molar-refractivity contribution in [2.45, 2.75) is 6.17 Å². The Labute approximate surface area is 183 Å². The summed E-state index contributed by atoms with van der Waals surface area (Å²) in [5, 5.41) is 2.70. The van der Waals surface area contributed by atoms with E-state index < -0.39 is 12.1 Å². The van der Waals surface area contributed by atoms with Crippen molar-refractivity contribution in [1.29, 1.82) is 0 Å². The first-order chi connectivity index (χ1) is 14.5. The van der Waals surface area contributed by atoms with Crippen LogP contribution in [0.1, 0.15) is 20.7 Å². The first-order valence-corrected chi connectivity index (χ1v) is 10.2. The minimum absolute atomic E-state index is 0.233. The zero-order valence-corrected chi connectivity index (χ0v) is 18.1. The number of nitrogens with one attached hydrogen (secondary N) is 1. The summed E-state index contributed by atoms with van der Waals surface area (Å²) in [6.07, 6.45) is -1.07. The number of carbonyl (C=O) groups is 3. The van der Waals surface area contributed by atoms with Crippen LogP contribution in [0, 0.1) is 0 Å². The van der Waals surface area contributed by atoms with E-state index in [0.717, 1.165) is 4.47 Å². The molecular formula is C21H23BrN4O4. The molecule has 1 aliphatic heterocycles. The topological polar surface area (TPSA) is 105 Å². The molecule has 1 aliphatic rings. The van der Waals surface area contributed by atoms with Gasteiger partial charge >= 0.3 is 0 Å². The summed E-state index contributed by atoms with van der Waals surface area (Å²) in [5.74, 6) is -0.597. The Kier molecular flexibility index (Phi) is 7.07. The smallest absolute Gasteiger partial charge is 0.263 e. The van der Waals surface area contributed by atoms with Crippen LogP contribution in [0.15, 0.2) is 53.0 Å². The molecule has 3 amide bonds. The van der Waals surface area contributed by atoms with Gasteiger partial charge in [0.15, 0.2) is 6.17 Å². The largest absolute Gasteiger partial charge is 0.497 e. The molecule has 8 nitrogen and oxygen atoms in total. The minimum atomic E-state index is -1.07. The van der Waals surface area contributed by atoms with Crippen molar-refractivity contribution in [1.82, 2.24) is 15.1 Å². The lowest BCUT2D eigenvalue weighted by molar-refractivity contribution is -0.128. The molecule has 0 aliphatic carbocycles. The molecule has 0 saturated carbocycles. The molecule has 1 saturated heterocycles. The van der Waals surface area contributed by atoms with E-state index in [0.29, 0.717) is 16.9 Å². The van der Waals surface area contributed by atoms with Gasteiger partial charge in [0.2, 0.25) is 0 Å². The molecule has 0 spiro atoms. The second-order valence-corrected chi connectivity index (χ2v) is 7.61. The van der Waals surface area contributed by atoms with Gasteiger partial charge < -0.3 is 25.6 Å². The summed E-state index contributed by atoms with van der Waals surface area (Å²) < 4.78 is 5.94. The molecule has 2 aromatic rings. The molecule has 0 aromatic heterocycles. The molecule has 1 atom stereocenters. The summed E-state index contributed by atoms with van der Waals surface area (Å²) in [5.41, 5.74) is 6.31. The Morgan fingerprint density at radius 2 is 1.67 bits per heavy atom. The predicted octanol–water partition coefficient (Wildman–Crippen LogP) is 1.46. The number of hydrogen-bond donors (Lipinski definition) is 2. The predicted molar refractivity (Wildman–Crippen MR) is 115 cm³/mol. The summed E-state index contributed by atoms with van der Waals surface area (Å²) in [6, 6.07) is 13.6. The van der Waals surface area contributed by atoms with Crippen molar-refractivity contribution in [3.05, 3.63) is 64.1 Å². The number of hydrogen-bond acceptors (Lipinski definition) is 5. The highest BCUT2D eigenvalue weighted by Crippen LogP contribution is 2.23. The Bertz CT molecular complexity index is 952. The third-order valence-corrected chi connectivity index (χ3v) is 5.25. The van der Waals surface area contributed by atoms with Crippen LogP contribution in [0.5, 0.6) is 5.75 Å². The van der Waals surface area contributed by atoms with Crippen LogP contribution in [0.4, 0.5) is 0 Å². The first-order valence-electron chi connectivity index (χ1n) is 9.45. The number of benzene rings is 2. The molecule has 1 fully saturated rings. The zero-order valence-electron chi connectivity index (χ0n) is 16.5. The molecule has 1 unspecified atom stereocenters. The highest BCUT2D eigenvalue weighted by molar-refractivity contribution is 9.10. The van der Waals surface area contributed by atoms with Crippen LogP contribution in [-0.2, 0) is 4.79 Å². The molecule has 0 bridgehead atoms. The normalized spacial score (nSPS) is 15.8. The number of halogens is 1. The van der Waals surface area contributed by atoms with Gasteiger partial charge in [-0.25, -0.2) is 0 Å². The molecule has 3 rings (SSSR count). The van der Waals surface area contributed by atoms with E-state index in [9.17, 15) is 14.4 Å². The van der Waals surface area contributed by atoms with E-state index in [-0.39, 0.29) is 38.0 Å². The molecule has 3 N–H and O–H groups in total. The molecule has 0 radical (unpaired) electrons. The number of ether oxygens (including phenoxy) is 1. The van der Waals surface area contributed by atoms with E-state index in [1.54, 1.807) is 42.5 Å². The van der Waals surface area contributed by atoms with Gasteiger partial charge in [-0.05, 0) is 36.4 Å². The standard InChI is InChI=1S/C21H23BrN4O4/c1-30-17-7-3-5-15(13-17)21(29)26-11-10-25(19(26)18(27)24-9-8-23)20(28)14-4-2-6-16(22)12-14/h2-7,12-13,19H,8-11,23H2,1H3,(H,24,27). The third kappa shape index (κ3) is 4.63. The van der Waals surface area contributed by atoms with E-state index in [1.807, 2.05) is 6.07 Å². The van der Waals surface area contributed by atoms with E-state index in [1.165, 1.54) is 16.9 Å². The molecule has 30 heavy (non-hydrogen) atoms. The van der Waals surface area contributed by atoms with Crippen LogP contribution in [0.3, 0.4) is 0 Å². The fourth-order valence-corrected chi connectivity index (χ4v) is 3.73. The lowest BCUT2D eigenvalue weighted by atomic mass is 10.1. The molecule has 1 heterocycles. The van der Waals surface area contributed by atoms with Gasteiger partial charge in [-0.2, -0.15) is 0 Å². The van der Waals surface area contributed by atoms with E-state index in [2.05, 4.69) is 21.2 Å². The quantitative estimate of drug-likeness (QED) is 0.659. The maximum Gasteiger partial charge on any atom is 0.263 e. The third-order valence-electron chi connectivity index (χ3n) is 4.76. The van der Waals surface area contributed by atoms with Crippen LogP contribution in [-0.4, -0.2) is 67.0 Å². The molecular weight excluding hydrogens is 452 g/mol. The van der Waals surface area contributed by atoms with E-state index >= 15 is 0 Å². The Balaban J connectivity index is 1.91.